The Morgan fingerprint density at radius 1 is 1.61 bits per heavy atom. The highest BCUT2D eigenvalue weighted by Gasteiger charge is 2.15. The molecule has 2 N–H and O–H groups in total. The minimum Gasteiger partial charge on any atom is -0.378 e. The van der Waals surface area contributed by atoms with Crippen molar-refractivity contribution in [2.75, 3.05) is 26.3 Å². The Morgan fingerprint density at radius 3 is 3.11 bits per heavy atom. The molecule has 0 spiro atoms. The molecule has 1 fully saturated rings. The molecule has 1 aromatic rings. The van der Waals surface area contributed by atoms with Crippen LogP contribution in [0.5, 0.6) is 0 Å². The summed E-state index contributed by atoms with van der Waals surface area (Å²) in [6.07, 6.45) is 0. The third kappa shape index (κ3) is 3.63. The van der Waals surface area contributed by atoms with E-state index in [9.17, 15) is 9.18 Å². The molecule has 1 aliphatic rings. The van der Waals surface area contributed by atoms with Crippen molar-refractivity contribution in [1.82, 2.24) is 10.6 Å². The van der Waals surface area contributed by atoms with Gasteiger partial charge in [0.05, 0.1) is 18.8 Å². The number of hydrogen-bond acceptors (Lipinski definition) is 3. The van der Waals surface area contributed by atoms with Crippen LogP contribution < -0.4 is 10.6 Å². The summed E-state index contributed by atoms with van der Waals surface area (Å²) in [5.74, 6) is -0.523. The van der Waals surface area contributed by atoms with Gasteiger partial charge >= 0.3 is 0 Å². The van der Waals surface area contributed by atoms with E-state index in [2.05, 4.69) is 10.6 Å². The lowest BCUT2D eigenvalue weighted by Crippen LogP contribution is -2.48. The first-order valence-electron chi connectivity index (χ1n) is 5.71. The largest absolute Gasteiger partial charge is 0.378 e. The molecule has 0 aliphatic carbocycles. The van der Waals surface area contributed by atoms with Crippen LogP contribution in [-0.2, 0) is 4.74 Å². The Kier molecular flexibility index (Phi) is 4.90. The molecule has 0 bridgehead atoms. The lowest BCUT2D eigenvalue weighted by Gasteiger charge is -2.24. The number of hydrogen-bond donors (Lipinski definition) is 2. The van der Waals surface area contributed by atoms with Gasteiger partial charge in [0.1, 0.15) is 5.82 Å². The molecular formula is C12H14FIN2O2. The van der Waals surface area contributed by atoms with E-state index in [4.69, 9.17) is 4.74 Å². The zero-order chi connectivity index (χ0) is 13.0. The van der Waals surface area contributed by atoms with Crippen LogP contribution in [0.2, 0.25) is 0 Å². The van der Waals surface area contributed by atoms with Gasteiger partial charge in [0, 0.05) is 22.7 Å². The number of morpholine rings is 1. The van der Waals surface area contributed by atoms with E-state index in [0.29, 0.717) is 28.9 Å². The number of amides is 1. The Hall–Kier alpha value is -0.730. The van der Waals surface area contributed by atoms with Gasteiger partial charge in [-0.3, -0.25) is 4.79 Å². The first-order valence-corrected chi connectivity index (χ1v) is 6.79. The second-order valence-corrected chi connectivity index (χ2v) is 5.22. The predicted molar refractivity (Wildman–Crippen MR) is 74.1 cm³/mol. The number of ether oxygens (including phenoxy) is 1. The fourth-order valence-corrected chi connectivity index (χ4v) is 2.46. The average molecular weight is 364 g/mol. The molecule has 1 heterocycles. The van der Waals surface area contributed by atoms with E-state index in [1.807, 2.05) is 22.6 Å². The zero-order valence-corrected chi connectivity index (χ0v) is 11.9. The van der Waals surface area contributed by atoms with Crippen molar-refractivity contribution in [2.24, 2.45) is 0 Å². The summed E-state index contributed by atoms with van der Waals surface area (Å²) in [6, 6.07) is 4.27. The molecule has 1 amide bonds. The number of halogens is 2. The normalized spacial score (nSPS) is 19.6. The molecular weight excluding hydrogens is 350 g/mol. The van der Waals surface area contributed by atoms with E-state index in [1.54, 1.807) is 0 Å². The molecule has 1 saturated heterocycles. The van der Waals surface area contributed by atoms with Crippen molar-refractivity contribution in [3.63, 3.8) is 0 Å². The lowest BCUT2D eigenvalue weighted by molar-refractivity contribution is 0.0734. The zero-order valence-electron chi connectivity index (χ0n) is 9.71. The van der Waals surface area contributed by atoms with Crippen LogP contribution in [0, 0.1) is 9.39 Å². The summed E-state index contributed by atoms with van der Waals surface area (Å²) in [4.78, 5) is 11.9. The van der Waals surface area contributed by atoms with Crippen LogP contribution in [0.1, 0.15) is 10.4 Å². The molecule has 98 valence electrons. The molecule has 6 heteroatoms. The van der Waals surface area contributed by atoms with Crippen molar-refractivity contribution in [2.45, 2.75) is 6.04 Å². The Bertz CT molecular complexity index is 436. The van der Waals surface area contributed by atoms with Gasteiger partial charge in [-0.05, 0) is 40.8 Å². The van der Waals surface area contributed by atoms with Crippen molar-refractivity contribution in [3.05, 3.63) is 33.1 Å². The SMILES string of the molecule is O=C(NCC1COCCN1)c1ccc(F)cc1I. The van der Waals surface area contributed by atoms with Gasteiger partial charge in [-0.2, -0.15) is 0 Å². The quantitative estimate of drug-likeness (QED) is 0.792. The highest BCUT2D eigenvalue weighted by molar-refractivity contribution is 14.1. The molecule has 2 rings (SSSR count). The van der Waals surface area contributed by atoms with Gasteiger partial charge in [-0.15, -0.1) is 0 Å². The minimum atomic E-state index is -0.335. The van der Waals surface area contributed by atoms with Crippen LogP contribution >= 0.6 is 22.6 Å². The number of benzene rings is 1. The first-order chi connectivity index (χ1) is 8.66. The predicted octanol–water partition coefficient (Wildman–Crippen LogP) is 1.15. The Labute approximate surface area is 118 Å². The summed E-state index contributed by atoms with van der Waals surface area (Å²) in [5, 5.41) is 6.07. The van der Waals surface area contributed by atoms with Crippen molar-refractivity contribution >= 4 is 28.5 Å². The Morgan fingerprint density at radius 2 is 2.44 bits per heavy atom. The monoisotopic (exact) mass is 364 g/mol. The molecule has 18 heavy (non-hydrogen) atoms. The summed E-state index contributed by atoms with van der Waals surface area (Å²) in [7, 11) is 0. The number of carbonyl (C=O) groups is 1. The number of nitrogens with one attached hydrogen (secondary N) is 2. The molecule has 0 radical (unpaired) electrons. The first kappa shape index (κ1) is 13.7. The van der Waals surface area contributed by atoms with Crippen LogP contribution in [0.15, 0.2) is 18.2 Å². The molecule has 1 unspecified atom stereocenters. The highest BCUT2D eigenvalue weighted by atomic mass is 127. The van der Waals surface area contributed by atoms with Crippen LogP contribution in [0.3, 0.4) is 0 Å². The third-order valence-corrected chi connectivity index (χ3v) is 3.58. The van der Waals surface area contributed by atoms with Gasteiger partial charge < -0.3 is 15.4 Å². The summed E-state index contributed by atoms with van der Waals surface area (Å²) in [5.41, 5.74) is 0.494. The topological polar surface area (TPSA) is 50.4 Å². The summed E-state index contributed by atoms with van der Waals surface area (Å²) in [6.45, 7) is 2.61. The van der Waals surface area contributed by atoms with E-state index >= 15 is 0 Å². The summed E-state index contributed by atoms with van der Waals surface area (Å²) >= 11 is 1.95. The molecule has 1 atom stereocenters. The maximum Gasteiger partial charge on any atom is 0.252 e. The highest BCUT2D eigenvalue weighted by Crippen LogP contribution is 2.13. The van der Waals surface area contributed by atoms with Gasteiger partial charge in [-0.25, -0.2) is 4.39 Å². The van der Waals surface area contributed by atoms with Gasteiger partial charge in [0.2, 0.25) is 0 Å². The molecule has 4 nitrogen and oxygen atoms in total. The second kappa shape index (κ2) is 6.44. The van der Waals surface area contributed by atoms with Gasteiger partial charge in [0.25, 0.3) is 5.91 Å². The maximum absolute atomic E-state index is 12.9. The minimum absolute atomic E-state index is 0.140. The van der Waals surface area contributed by atoms with Crippen molar-refractivity contribution in [1.29, 1.82) is 0 Å². The molecule has 1 aliphatic heterocycles. The fraction of sp³-hybridized carbons (Fsp3) is 0.417. The number of carbonyl (C=O) groups excluding carboxylic acids is 1. The lowest BCUT2D eigenvalue weighted by atomic mass is 10.2. The standard InChI is InChI=1S/C12H14FIN2O2/c13-8-1-2-10(11(14)5-8)12(17)16-6-9-7-18-4-3-15-9/h1-2,5,9,15H,3-4,6-7H2,(H,16,17). The van der Waals surface area contributed by atoms with E-state index in [1.165, 1.54) is 18.2 Å². The Balaban J connectivity index is 1.90. The fourth-order valence-electron chi connectivity index (χ4n) is 1.74. The van der Waals surface area contributed by atoms with Crippen LogP contribution in [0.4, 0.5) is 4.39 Å². The van der Waals surface area contributed by atoms with Crippen molar-refractivity contribution < 1.29 is 13.9 Å². The van der Waals surface area contributed by atoms with Crippen LogP contribution in [-0.4, -0.2) is 38.3 Å². The van der Waals surface area contributed by atoms with E-state index in [0.717, 1.165) is 6.54 Å². The van der Waals surface area contributed by atoms with Crippen molar-refractivity contribution in [3.8, 4) is 0 Å². The molecule has 1 aromatic carbocycles. The summed E-state index contributed by atoms with van der Waals surface area (Å²) < 4.78 is 18.8. The smallest absolute Gasteiger partial charge is 0.252 e. The van der Waals surface area contributed by atoms with Crippen LogP contribution in [0.25, 0.3) is 0 Å². The van der Waals surface area contributed by atoms with E-state index < -0.39 is 0 Å². The van der Waals surface area contributed by atoms with Gasteiger partial charge in [0.15, 0.2) is 0 Å². The number of rotatable bonds is 3. The van der Waals surface area contributed by atoms with E-state index in [-0.39, 0.29) is 17.8 Å². The van der Waals surface area contributed by atoms with Gasteiger partial charge in [-0.1, -0.05) is 0 Å². The maximum atomic E-state index is 12.9. The molecule has 0 aromatic heterocycles. The molecule has 0 saturated carbocycles. The second-order valence-electron chi connectivity index (χ2n) is 4.06. The third-order valence-electron chi connectivity index (χ3n) is 2.68. The average Bonchev–Trinajstić information content (AvgIpc) is 2.37.